The number of ether oxygens (including phenoxy) is 1. The molecule has 1 aliphatic carbocycles. The summed E-state index contributed by atoms with van der Waals surface area (Å²) >= 11 is 0. The molecule has 1 aliphatic rings. The van der Waals surface area contributed by atoms with E-state index in [9.17, 15) is 0 Å². The lowest BCUT2D eigenvalue weighted by Gasteiger charge is -2.13. The van der Waals surface area contributed by atoms with Crippen LogP contribution in [0.4, 0.5) is 17.3 Å². The van der Waals surface area contributed by atoms with E-state index in [1.165, 1.54) is 25.7 Å². The van der Waals surface area contributed by atoms with E-state index in [-0.39, 0.29) is 6.10 Å². The van der Waals surface area contributed by atoms with Crippen molar-refractivity contribution in [3.8, 4) is 5.75 Å². The Hall–Kier alpha value is -2.56. The van der Waals surface area contributed by atoms with Crippen molar-refractivity contribution < 1.29 is 4.74 Å². The topological polar surface area (TPSA) is 59.1 Å². The lowest BCUT2D eigenvalue weighted by Crippen LogP contribution is -2.07. The first kappa shape index (κ1) is 18.2. The Kier molecular flexibility index (Phi) is 6.47. The molecular weight excluding hydrogens is 324 g/mol. The fraction of sp³-hybridized carbons (Fsp3) is 0.429. The second kappa shape index (κ2) is 9.22. The number of rotatable bonds is 8. The normalized spacial score (nSPS) is 14.0. The molecule has 0 saturated carbocycles. The molecule has 5 heteroatoms. The first-order valence-electron chi connectivity index (χ1n) is 9.46. The van der Waals surface area contributed by atoms with Crippen LogP contribution < -0.4 is 15.4 Å². The maximum atomic E-state index is 5.66. The zero-order valence-electron chi connectivity index (χ0n) is 15.7. The summed E-state index contributed by atoms with van der Waals surface area (Å²) in [5.41, 5.74) is 2.54. The van der Waals surface area contributed by atoms with Gasteiger partial charge in [-0.2, -0.15) is 0 Å². The van der Waals surface area contributed by atoms with Gasteiger partial charge in [0.25, 0.3) is 0 Å². The molecule has 2 aromatic rings. The SMILES string of the molecule is CC(C)Oc1ccc(Nc2cc(NCCC3=CCCCC3)ncn2)cc1. The molecule has 0 radical (unpaired) electrons. The van der Waals surface area contributed by atoms with Gasteiger partial charge in [0, 0.05) is 18.3 Å². The fourth-order valence-corrected chi connectivity index (χ4v) is 3.04. The molecule has 2 N–H and O–H groups in total. The summed E-state index contributed by atoms with van der Waals surface area (Å²) in [6, 6.07) is 9.83. The third-order valence-corrected chi connectivity index (χ3v) is 4.30. The lowest BCUT2D eigenvalue weighted by molar-refractivity contribution is 0.242. The van der Waals surface area contributed by atoms with Gasteiger partial charge in [-0.15, -0.1) is 0 Å². The van der Waals surface area contributed by atoms with Gasteiger partial charge in [0.1, 0.15) is 23.7 Å². The van der Waals surface area contributed by atoms with Gasteiger partial charge in [-0.3, -0.25) is 0 Å². The van der Waals surface area contributed by atoms with Crippen LogP contribution in [-0.2, 0) is 0 Å². The molecule has 0 amide bonds. The summed E-state index contributed by atoms with van der Waals surface area (Å²) in [6.07, 6.45) is 10.4. The van der Waals surface area contributed by atoms with E-state index >= 15 is 0 Å². The molecule has 0 aliphatic heterocycles. The molecule has 0 saturated heterocycles. The van der Waals surface area contributed by atoms with Gasteiger partial charge >= 0.3 is 0 Å². The Morgan fingerprint density at radius 1 is 1.08 bits per heavy atom. The smallest absolute Gasteiger partial charge is 0.135 e. The number of aromatic nitrogens is 2. The molecule has 26 heavy (non-hydrogen) atoms. The van der Waals surface area contributed by atoms with Crippen molar-refractivity contribution in [1.29, 1.82) is 0 Å². The zero-order chi connectivity index (χ0) is 18.2. The molecule has 5 nitrogen and oxygen atoms in total. The predicted molar refractivity (Wildman–Crippen MR) is 107 cm³/mol. The molecule has 1 aromatic carbocycles. The summed E-state index contributed by atoms with van der Waals surface area (Å²) < 4.78 is 5.66. The summed E-state index contributed by atoms with van der Waals surface area (Å²) in [5, 5.41) is 6.70. The number of nitrogens with one attached hydrogen (secondary N) is 2. The van der Waals surface area contributed by atoms with Gasteiger partial charge in [0.2, 0.25) is 0 Å². The summed E-state index contributed by atoms with van der Waals surface area (Å²) in [7, 11) is 0. The molecule has 138 valence electrons. The Bertz CT molecular complexity index is 725. The highest BCUT2D eigenvalue weighted by Crippen LogP contribution is 2.22. The molecule has 0 fully saturated rings. The van der Waals surface area contributed by atoms with Crippen LogP contribution in [-0.4, -0.2) is 22.6 Å². The van der Waals surface area contributed by atoms with E-state index in [2.05, 4.69) is 26.7 Å². The van der Waals surface area contributed by atoms with Crippen molar-refractivity contribution in [1.82, 2.24) is 9.97 Å². The quantitative estimate of drug-likeness (QED) is 0.631. The fourth-order valence-electron chi connectivity index (χ4n) is 3.04. The van der Waals surface area contributed by atoms with Gasteiger partial charge in [0.05, 0.1) is 6.10 Å². The molecule has 0 bridgehead atoms. The Balaban J connectivity index is 1.52. The van der Waals surface area contributed by atoms with Gasteiger partial charge in [-0.25, -0.2) is 9.97 Å². The van der Waals surface area contributed by atoms with Gasteiger partial charge in [0.15, 0.2) is 0 Å². The number of allylic oxidation sites excluding steroid dienone is 1. The van der Waals surface area contributed by atoms with Crippen LogP contribution in [0.3, 0.4) is 0 Å². The Morgan fingerprint density at radius 2 is 1.88 bits per heavy atom. The largest absolute Gasteiger partial charge is 0.491 e. The Labute approximate surface area is 155 Å². The predicted octanol–water partition coefficient (Wildman–Crippen LogP) is 5.31. The zero-order valence-corrected chi connectivity index (χ0v) is 15.7. The monoisotopic (exact) mass is 352 g/mol. The van der Waals surface area contributed by atoms with Crippen molar-refractivity contribution in [2.24, 2.45) is 0 Å². The summed E-state index contributed by atoms with van der Waals surface area (Å²) in [4.78, 5) is 8.61. The minimum Gasteiger partial charge on any atom is -0.491 e. The molecule has 1 heterocycles. The van der Waals surface area contributed by atoms with Crippen LogP contribution in [0.15, 0.2) is 48.3 Å². The van der Waals surface area contributed by atoms with Gasteiger partial charge < -0.3 is 15.4 Å². The van der Waals surface area contributed by atoms with Crippen molar-refractivity contribution in [3.63, 3.8) is 0 Å². The van der Waals surface area contributed by atoms with Crippen molar-refractivity contribution in [2.45, 2.75) is 52.1 Å². The number of benzene rings is 1. The first-order chi connectivity index (χ1) is 12.7. The van der Waals surface area contributed by atoms with Crippen LogP contribution in [0.5, 0.6) is 5.75 Å². The minimum absolute atomic E-state index is 0.175. The number of nitrogens with zero attached hydrogens (tertiary/aromatic N) is 2. The van der Waals surface area contributed by atoms with E-state index < -0.39 is 0 Å². The summed E-state index contributed by atoms with van der Waals surface area (Å²) in [5.74, 6) is 2.49. The number of anilines is 3. The number of hydrogen-bond acceptors (Lipinski definition) is 5. The molecule has 3 rings (SSSR count). The van der Waals surface area contributed by atoms with Gasteiger partial charge in [-0.1, -0.05) is 11.6 Å². The Morgan fingerprint density at radius 3 is 2.62 bits per heavy atom. The number of hydrogen-bond donors (Lipinski definition) is 2. The van der Waals surface area contributed by atoms with Crippen LogP contribution in [0.25, 0.3) is 0 Å². The highest BCUT2D eigenvalue weighted by atomic mass is 16.5. The van der Waals surface area contributed by atoms with Crippen LogP contribution in [0.2, 0.25) is 0 Å². The van der Waals surface area contributed by atoms with Crippen molar-refractivity contribution in [3.05, 3.63) is 48.3 Å². The third-order valence-electron chi connectivity index (χ3n) is 4.30. The van der Waals surface area contributed by atoms with Crippen molar-refractivity contribution in [2.75, 3.05) is 17.2 Å². The lowest BCUT2D eigenvalue weighted by atomic mass is 9.97. The maximum absolute atomic E-state index is 5.66. The third kappa shape index (κ3) is 5.76. The van der Waals surface area contributed by atoms with E-state index in [1.807, 2.05) is 44.2 Å². The average molecular weight is 352 g/mol. The second-order valence-corrected chi connectivity index (χ2v) is 6.89. The molecule has 0 atom stereocenters. The second-order valence-electron chi connectivity index (χ2n) is 6.89. The molecule has 0 spiro atoms. The molecular formula is C21H28N4O. The minimum atomic E-state index is 0.175. The maximum Gasteiger partial charge on any atom is 0.135 e. The van der Waals surface area contributed by atoms with E-state index in [0.717, 1.165) is 36.0 Å². The highest BCUT2D eigenvalue weighted by Gasteiger charge is 2.04. The molecule has 1 aromatic heterocycles. The van der Waals surface area contributed by atoms with Crippen molar-refractivity contribution >= 4 is 17.3 Å². The van der Waals surface area contributed by atoms with E-state index in [1.54, 1.807) is 11.9 Å². The van der Waals surface area contributed by atoms with E-state index in [4.69, 9.17) is 4.74 Å². The first-order valence-corrected chi connectivity index (χ1v) is 9.46. The van der Waals surface area contributed by atoms with E-state index in [0.29, 0.717) is 0 Å². The van der Waals surface area contributed by atoms with Crippen LogP contribution in [0, 0.1) is 0 Å². The standard InChI is InChI=1S/C21H28N4O/c1-16(2)26-19-10-8-18(9-11-19)25-21-14-20(23-15-24-21)22-13-12-17-6-4-3-5-7-17/h6,8-11,14-16H,3-5,7,12-13H2,1-2H3,(H2,22,23,24,25). The highest BCUT2D eigenvalue weighted by molar-refractivity contribution is 5.59. The van der Waals surface area contributed by atoms with Gasteiger partial charge in [-0.05, 0) is 70.2 Å². The summed E-state index contributed by atoms with van der Waals surface area (Å²) in [6.45, 7) is 4.95. The van der Waals surface area contributed by atoms with Crippen LogP contribution in [0.1, 0.15) is 46.0 Å². The van der Waals surface area contributed by atoms with Crippen LogP contribution >= 0.6 is 0 Å². The molecule has 0 unspecified atom stereocenters. The average Bonchev–Trinajstić information content (AvgIpc) is 2.64.